The fourth-order valence-corrected chi connectivity index (χ4v) is 3.18. The first-order chi connectivity index (χ1) is 10.1. The second-order valence-electron chi connectivity index (χ2n) is 5.35. The summed E-state index contributed by atoms with van der Waals surface area (Å²) in [5.41, 5.74) is 10.4. The second-order valence-corrected chi connectivity index (χ2v) is 6.14. The van der Waals surface area contributed by atoms with Crippen LogP contribution in [0, 0.1) is 6.92 Å². The van der Waals surface area contributed by atoms with Crippen LogP contribution < -0.4 is 5.73 Å². The van der Waals surface area contributed by atoms with Crippen LogP contribution in [0.15, 0.2) is 34.9 Å². The highest BCUT2D eigenvalue weighted by atomic mass is 79.9. The second kappa shape index (κ2) is 5.66. The van der Waals surface area contributed by atoms with Crippen molar-refractivity contribution < 1.29 is 0 Å². The molecule has 4 nitrogen and oxygen atoms in total. The lowest BCUT2D eigenvalue weighted by atomic mass is 10.1. The van der Waals surface area contributed by atoms with Crippen LogP contribution in [-0.2, 0) is 20.0 Å². The summed E-state index contributed by atoms with van der Waals surface area (Å²) in [5, 5.41) is 5.71. The van der Waals surface area contributed by atoms with Gasteiger partial charge in [-0.25, -0.2) is 0 Å². The van der Waals surface area contributed by atoms with Gasteiger partial charge in [-0.05, 0) is 65.0 Å². The fourth-order valence-electron chi connectivity index (χ4n) is 2.72. The molecule has 0 amide bonds. The van der Waals surface area contributed by atoms with Crippen molar-refractivity contribution in [3.63, 3.8) is 0 Å². The average Bonchev–Trinajstić information content (AvgIpc) is 2.96. The van der Waals surface area contributed by atoms with Crippen LogP contribution >= 0.6 is 15.9 Å². The fraction of sp³-hybridized carbons (Fsp3) is 0.312. The number of halogens is 1. The number of nitrogens with two attached hydrogens (primary N) is 1. The number of nitrogens with zero attached hydrogens (tertiary/aromatic N) is 3. The molecule has 1 aromatic carbocycles. The van der Waals surface area contributed by atoms with Gasteiger partial charge in [-0.15, -0.1) is 0 Å². The van der Waals surface area contributed by atoms with Crippen LogP contribution in [0.1, 0.15) is 17.0 Å². The lowest BCUT2D eigenvalue weighted by molar-refractivity contribution is 0.671. The molecule has 5 heteroatoms. The van der Waals surface area contributed by atoms with Gasteiger partial charge in [-0.3, -0.25) is 4.68 Å². The molecule has 0 radical (unpaired) electrons. The summed E-state index contributed by atoms with van der Waals surface area (Å²) in [7, 11) is 1.98. The zero-order chi connectivity index (χ0) is 15.0. The molecule has 0 bridgehead atoms. The van der Waals surface area contributed by atoms with Gasteiger partial charge in [0.25, 0.3) is 0 Å². The van der Waals surface area contributed by atoms with Gasteiger partial charge >= 0.3 is 0 Å². The third-order valence-corrected chi connectivity index (χ3v) is 4.88. The molecule has 3 aromatic rings. The van der Waals surface area contributed by atoms with E-state index < -0.39 is 0 Å². The minimum atomic E-state index is 0.688. The van der Waals surface area contributed by atoms with Crippen molar-refractivity contribution in [3.8, 4) is 0 Å². The third-order valence-electron chi connectivity index (χ3n) is 3.85. The number of rotatable bonds is 4. The highest BCUT2D eigenvalue weighted by molar-refractivity contribution is 9.10. The van der Waals surface area contributed by atoms with Crippen LogP contribution in [-0.4, -0.2) is 20.9 Å². The number of hydrogen-bond acceptors (Lipinski definition) is 2. The monoisotopic (exact) mass is 346 g/mol. The number of benzene rings is 1. The van der Waals surface area contributed by atoms with E-state index in [4.69, 9.17) is 5.73 Å². The maximum Gasteiger partial charge on any atom is 0.0739 e. The Hall–Kier alpha value is -1.59. The van der Waals surface area contributed by atoms with Gasteiger partial charge in [-0.2, -0.15) is 5.10 Å². The highest BCUT2D eigenvalue weighted by Crippen LogP contribution is 2.24. The Morgan fingerprint density at radius 3 is 2.76 bits per heavy atom. The SMILES string of the molecule is Cc1nn(C)c(Cn2ccc3cc(CCN)ccc32)c1Br. The number of aromatic nitrogens is 3. The molecule has 0 saturated heterocycles. The first-order valence-corrected chi connectivity index (χ1v) is 7.85. The maximum absolute atomic E-state index is 5.63. The minimum absolute atomic E-state index is 0.688. The third kappa shape index (κ3) is 2.63. The van der Waals surface area contributed by atoms with Crippen molar-refractivity contribution in [3.05, 3.63) is 51.9 Å². The smallest absolute Gasteiger partial charge is 0.0739 e. The molecule has 0 saturated carbocycles. The van der Waals surface area contributed by atoms with Gasteiger partial charge < -0.3 is 10.3 Å². The van der Waals surface area contributed by atoms with Gasteiger partial charge in [-0.1, -0.05) is 6.07 Å². The van der Waals surface area contributed by atoms with E-state index in [1.165, 1.54) is 22.2 Å². The molecular weight excluding hydrogens is 328 g/mol. The Morgan fingerprint density at radius 2 is 2.10 bits per heavy atom. The summed E-state index contributed by atoms with van der Waals surface area (Å²) in [6.45, 7) is 3.51. The number of fused-ring (bicyclic) bond motifs is 1. The number of hydrogen-bond donors (Lipinski definition) is 1. The molecule has 110 valence electrons. The van der Waals surface area contributed by atoms with Crippen molar-refractivity contribution in [1.29, 1.82) is 0 Å². The Morgan fingerprint density at radius 1 is 1.29 bits per heavy atom. The van der Waals surface area contributed by atoms with Crippen molar-refractivity contribution in [2.24, 2.45) is 12.8 Å². The first kappa shape index (κ1) is 14.4. The van der Waals surface area contributed by atoms with Gasteiger partial charge in [0.15, 0.2) is 0 Å². The highest BCUT2D eigenvalue weighted by Gasteiger charge is 2.12. The lowest BCUT2D eigenvalue weighted by Gasteiger charge is -2.07. The van der Waals surface area contributed by atoms with E-state index >= 15 is 0 Å². The zero-order valence-electron chi connectivity index (χ0n) is 12.3. The largest absolute Gasteiger partial charge is 0.341 e. The van der Waals surface area contributed by atoms with Crippen molar-refractivity contribution >= 4 is 26.8 Å². The molecule has 0 unspecified atom stereocenters. The van der Waals surface area contributed by atoms with E-state index in [2.05, 4.69) is 56.1 Å². The maximum atomic E-state index is 5.63. The van der Waals surface area contributed by atoms with E-state index in [-0.39, 0.29) is 0 Å². The van der Waals surface area contributed by atoms with Gasteiger partial charge in [0.05, 0.1) is 22.4 Å². The summed E-state index contributed by atoms with van der Waals surface area (Å²) in [6.07, 6.45) is 3.05. The van der Waals surface area contributed by atoms with E-state index in [0.717, 1.165) is 23.1 Å². The lowest BCUT2D eigenvalue weighted by Crippen LogP contribution is -2.05. The summed E-state index contributed by atoms with van der Waals surface area (Å²) < 4.78 is 5.28. The molecule has 2 N–H and O–H groups in total. The minimum Gasteiger partial charge on any atom is -0.341 e. The van der Waals surface area contributed by atoms with Crippen LogP contribution in [0.5, 0.6) is 0 Å². The molecule has 21 heavy (non-hydrogen) atoms. The van der Waals surface area contributed by atoms with E-state index in [1.807, 2.05) is 18.7 Å². The summed E-state index contributed by atoms with van der Waals surface area (Å²) in [6, 6.07) is 8.72. The van der Waals surface area contributed by atoms with Gasteiger partial charge in [0.2, 0.25) is 0 Å². The van der Waals surface area contributed by atoms with Crippen LogP contribution in [0.4, 0.5) is 0 Å². The Bertz CT molecular complexity index is 785. The van der Waals surface area contributed by atoms with Crippen LogP contribution in [0.3, 0.4) is 0 Å². The molecule has 0 aliphatic heterocycles. The molecule has 2 aromatic heterocycles. The molecule has 0 spiro atoms. The summed E-state index contributed by atoms with van der Waals surface area (Å²) >= 11 is 3.63. The standard InChI is InChI=1S/C16H19BrN4/c1-11-16(17)15(20(2)19-11)10-21-8-6-13-9-12(5-7-18)3-4-14(13)21/h3-4,6,8-9H,5,7,10,18H2,1-2H3. The normalized spacial score (nSPS) is 11.4. The van der Waals surface area contributed by atoms with E-state index in [0.29, 0.717) is 6.54 Å². The van der Waals surface area contributed by atoms with E-state index in [1.54, 1.807) is 0 Å². The Labute approximate surface area is 132 Å². The average molecular weight is 347 g/mol. The van der Waals surface area contributed by atoms with Crippen molar-refractivity contribution in [1.82, 2.24) is 14.3 Å². The predicted octanol–water partition coefficient (Wildman–Crippen LogP) is 3.00. The zero-order valence-corrected chi connectivity index (χ0v) is 13.9. The Kier molecular flexibility index (Phi) is 3.87. The molecule has 3 rings (SSSR count). The molecule has 2 heterocycles. The number of aryl methyl sites for hydroxylation is 2. The van der Waals surface area contributed by atoms with Crippen LogP contribution in [0.2, 0.25) is 0 Å². The van der Waals surface area contributed by atoms with Crippen molar-refractivity contribution in [2.75, 3.05) is 6.54 Å². The quantitative estimate of drug-likeness (QED) is 0.789. The molecule has 0 aliphatic carbocycles. The van der Waals surface area contributed by atoms with E-state index in [9.17, 15) is 0 Å². The van der Waals surface area contributed by atoms with Gasteiger partial charge in [0, 0.05) is 18.8 Å². The van der Waals surface area contributed by atoms with Gasteiger partial charge in [0.1, 0.15) is 0 Å². The predicted molar refractivity (Wildman–Crippen MR) is 89.4 cm³/mol. The summed E-state index contributed by atoms with van der Waals surface area (Å²) in [5.74, 6) is 0. The Balaban J connectivity index is 1.98. The molecule has 0 atom stereocenters. The molecule has 0 aliphatic rings. The first-order valence-electron chi connectivity index (χ1n) is 7.06. The van der Waals surface area contributed by atoms with Crippen molar-refractivity contribution in [2.45, 2.75) is 19.9 Å². The molecule has 0 fully saturated rings. The van der Waals surface area contributed by atoms with Crippen LogP contribution in [0.25, 0.3) is 10.9 Å². The summed E-state index contributed by atoms with van der Waals surface area (Å²) in [4.78, 5) is 0. The molecular formula is C16H19BrN4. The topological polar surface area (TPSA) is 48.8 Å².